The molecule has 0 aromatic carbocycles. The molecule has 4 nitrogen and oxygen atoms in total. The van der Waals surface area contributed by atoms with E-state index >= 15 is 0 Å². The van der Waals surface area contributed by atoms with Crippen molar-refractivity contribution >= 4 is 27.9 Å². The minimum absolute atomic E-state index is 0.143. The predicted molar refractivity (Wildman–Crippen MR) is 77.7 cm³/mol. The third-order valence-corrected chi connectivity index (χ3v) is 3.61. The highest BCUT2D eigenvalue weighted by atomic mass is 79.9. The maximum Gasteiger partial charge on any atom is 0.168 e. The molecular formula is C14H17BrN2O2. The molecule has 2 heterocycles. The summed E-state index contributed by atoms with van der Waals surface area (Å²) in [6.07, 6.45) is 5.96. The van der Waals surface area contributed by atoms with Gasteiger partial charge in [0.25, 0.3) is 0 Å². The van der Waals surface area contributed by atoms with Gasteiger partial charge in [-0.05, 0) is 48.2 Å². The first-order valence-corrected chi connectivity index (χ1v) is 7.23. The number of aliphatic imine (C=N–C) groups is 1. The number of aromatic nitrogens is 1. The van der Waals surface area contributed by atoms with E-state index in [1.165, 1.54) is 6.42 Å². The highest BCUT2D eigenvalue weighted by molar-refractivity contribution is 9.10. The Kier molecular flexibility index (Phi) is 5.22. The Morgan fingerprint density at radius 2 is 2.47 bits per heavy atom. The van der Waals surface area contributed by atoms with Crippen molar-refractivity contribution in [1.82, 2.24) is 4.98 Å². The zero-order chi connectivity index (χ0) is 13.7. The van der Waals surface area contributed by atoms with Crippen LogP contribution < -0.4 is 0 Å². The largest absolute Gasteiger partial charge is 0.376 e. The molecule has 19 heavy (non-hydrogen) atoms. The zero-order valence-corrected chi connectivity index (χ0v) is 12.5. The monoisotopic (exact) mass is 324 g/mol. The molecule has 1 atom stereocenters. The van der Waals surface area contributed by atoms with Gasteiger partial charge in [-0.15, -0.1) is 0 Å². The Labute approximate surface area is 121 Å². The summed E-state index contributed by atoms with van der Waals surface area (Å²) in [6, 6.07) is 1.87. The van der Waals surface area contributed by atoms with E-state index in [9.17, 15) is 4.79 Å². The van der Waals surface area contributed by atoms with Gasteiger partial charge in [-0.1, -0.05) is 0 Å². The number of carbonyl (C=O) groups is 1. The molecule has 0 aliphatic carbocycles. The molecule has 1 aliphatic heterocycles. The topological polar surface area (TPSA) is 51.5 Å². The lowest BCUT2D eigenvalue weighted by molar-refractivity contribution is -0.102. The van der Waals surface area contributed by atoms with Gasteiger partial charge in [0.2, 0.25) is 0 Å². The normalized spacial score (nSPS) is 20.3. The summed E-state index contributed by atoms with van der Waals surface area (Å²) in [5, 5.41) is 0. The van der Waals surface area contributed by atoms with Crippen LogP contribution >= 0.6 is 15.9 Å². The number of aryl methyl sites for hydroxylation is 1. The minimum Gasteiger partial charge on any atom is -0.376 e. The van der Waals surface area contributed by atoms with E-state index in [4.69, 9.17) is 4.74 Å². The summed E-state index contributed by atoms with van der Waals surface area (Å²) >= 11 is 3.36. The molecule has 0 radical (unpaired) electrons. The van der Waals surface area contributed by atoms with E-state index in [1.54, 1.807) is 6.20 Å². The highest BCUT2D eigenvalue weighted by Crippen LogP contribution is 2.16. The minimum atomic E-state index is 0.143. The van der Waals surface area contributed by atoms with Crippen molar-refractivity contribution in [1.29, 1.82) is 0 Å². The van der Waals surface area contributed by atoms with Gasteiger partial charge in [0.1, 0.15) is 5.71 Å². The third kappa shape index (κ3) is 3.94. The second-order valence-electron chi connectivity index (χ2n) is 4.62. The Balaban J connectivity index is 2.14. The number of pyridine rings is 1. The van der Waals surface area contributed by atoms with Crippen molar-refractivity contribution in [3.63, 3.8) is 0 Å². The van der Waals surface area contributed by atoms with Crippen LogP contribution in [0.4, 0.5) is 0 Å². The van der Waals surface area contributed by atoms with Gasteiger partial charge in [0.15, 0.2) is 6.29 Å². The fourth-order valence-electron chi connectivity index (χ4n) is 2.10. The number of hydrogen-bond acceptors (Lipinski definition) is 4. The summed E-state index contributed by atoms with van der Waals surface area (Å²) in [4.78, 5) is 19.9. The summed E-state index contributed by atoms with van der Waals surface area (Å²) in [5.74, 6) is 0. The molecule has 1 aromatic heterocycles. The number of aldehydes is 1. The van der Waals surface area contributed by atoms with Gasteiger partial charge in [-0.2, -0.15) is 0 Å². The number of carbonyl (C=O) groups excluding carboxylic acids is 1. The molecule has 1 aliphatic rings. The molecule has 0 spiro atoms. The number of halogens is 1. The second-order valence-corrected chi connectivity index (χ2v) is 5.53. The molecule has 0 amide bonds. The number of rotatable bonds is 4. The highest BCUT2D eigenvalue weighted by Gasteiger charge is 2.14. The van der Waals surface area contributed by atoms with E-state index in [0.29, 0.717) is 12.3 Å². The number of nitrogens with zero attached hydrogens (tertiary/aromatic N) is 2. The van der Waals surface area contributed by atoms with E-state index in [0.717, 1.165) is 41.5 Å². The first kappa shape index (κ1) is 14.3. The van der Waals surface area contributed by atoms with Gasteiger partial charge in [-0.25, -0.2) is 0 Å². The molecule has 0 N–H and O–H groups in total. The van der Waals surface area contributed by atoms with Gasteiger partial charge in [0.05, 0.1) is 12.6 Å². The molecule has 0 bridgehead atoms. The predicted octanol–water partition coefficient (Wildman–Crippen LogP) is 2.71. The van der Waals surface area contributed by atoms with Crippen molar-refractivity contribution in [2.45, 2.75) is 32.3 Å². The number of ether oxygens (including phenoxy) is 1. The molecule has 2 rings (SSSR count). The van der Waals surface area contributed by atoms with Crippen LogP contribution in [0.15, 0.2) is 21.7 Å². The lowest BCUT2D eigenvalue weighted by atomic mass is 10.1. The molecule has 1 unspecified atom stereocenters. The molecule has 1 aromatic rings. The van der Waals surface area contributed by atoms with Crippen molar-refractivity contribution in [3.8, 4) is 0 Å². The SMILES string of the molecule is Cc1ncc(Br)cc1C(C=O)=NCC1CCCCO1. The van der Waals surface area contributed by atoms with E-state index in [2.05, 4.69) is 25.9 Å². The molecule has 0 saturated carbocycles. The van der Waals surface area contributed by atoms with Gasteiger partial charge in [0, 0.05) is 28.5 Å². The summed E-state index contributed by atoms with van der Waals surface area (Å²) in [5.41, 5.74) is 2.03. The van der Waals surface area contributed by atoms with Gasteiger partial charge in [-0.3, -0.25) is 14.8 Å². The smallest absolute Gasteiger partial charge is 0.168 e. The number of hydrogen-bond donors (Lipinski definition) is 0. The lowest BCUT2D eigenvalue weighted by Crippen LogP contribution is -2.23. The standard InChI is InChI=1S/C14H17BrN2O2/c1-10-13(6-11(15)7-16-10)14(9-18)17-8-12-4-2-3-5-19-12/h6-7,9,12H,2-5,8H2,1H3. The average molecular weight is 325 g/mol. The Morgan fingerprint density at radius 1 is 1.63 bits per heavy atom. The van der Waals surface area contributed by atoms with Crippen molar-refractivity contribution in [3.05, 3.63) is 28.0 Å². The van der Waals surface area contributed by atoms with Crippen LogP contribution in [-0.4, -0.2) is 36.2 Å². The fraction of sp³-hybridized carbons (Fsp3) is 0.500. The molecular weight excluding hydrogens is 308 g/mol. The third-order valence-electron chi connectivity index (χ3n) is 3.18. The molecule has 102 valence electrons. The first-order valence-electron chi connectivity index (χ1n) is 6.44. The second kappa shape index (κ2) is 6.91. The first-order chi connectivity index (χ1) is 9.20. The van der Waals surface area contributed by atoms with E-state index < -0.39 is 0 Å². The van der Waals surface area contributed by atoms with Crippen LogP contribution in [0, 0.1) is 6.92 Å². The summed E-state index contributed by atoms with van der Waals surface area (Å²) in [7, 11) is 0. The van der Waals surface area contributed by atoms with Gasteiger partial charge < -0.3 is 4.74 Å². The Morgan fingerprint density at radius 3 is 3.16 bits per heavy atom. The Hall–Kier alpha value is -1.07. The summed E-state index contributed by atoms with van der Waals surface area (Å²) in [6.45, 7) is 3.21. The van der Waals surface area contributed by atoms with Crippen molar-refractivity contribution < 1.29 is 9.53 Å². The maximum absolute atomic E-state index is 11.2. The van der Waals surface area contributed by atoms with Crippen LogP contribution in [0.25, 0.3) is 0 Å². The van der Waals surface area contributed by atoms with Crippen LogP contribution in [-0.2, 0) is 9.53 Å². The average Bonchev–Trinajstić information content (AvgIpc) is 2.44. The zero-order valence-electron chi connectivity index (χ0n) is 10.9. The summed E-state index contributed by atoms with van der Waals surface area (Å²) < 4.78 is 6.46. The van der Waals surface area contributed by atoms with E-state index in [-0.39, 0.29) is 6.10 Å². The van der Waals surface area contributed by atoms with E-state index in [1.807, 2.05) is 13.0 Å². The molecule has 1 saturated heterocycles. The van der Waals surface area contributed by atoms with Crippen LogP contribution in [0.1, 0.15) is 30.5 Å². The lowest BCUT2D eigenvalue weighted by Gasteiger charge is -2.20. The maximum atomic E-state index is 11.2. The quantitative estimate of drug-likeness (QED) is 0.632. The molecule has 5 heteroatoms. The van der Waals surface area contributed by atoms with Crippen LogP contribution in [0.3, 0.4) is 0 Å². The fourth-order valence-corrected chi connectivity index (χ4v) is 2.44. The van der Waals surface area contributed by atoms with Crippen molar-refractivity contribution in [2.75, 3.05) is 13.2 Å². The van der Waals surface area contributed by atoms with Crippen LogP contribution in [0.5, 0.6) is 0 Å². The van der Waals surface area contributed by atoms with Crippen molar-refractivity contribution in [2.24, 2.45) is 4.99 Å². The molecule has 1 fully saturated rings. The Bertz CT molecular complexity index is 482. The van der Waals surface area contributed by atoms with Crippen LogP contribution in [0.2, 0.25) is 0 Å². The van der Waals surface area contributed by atoms with Gasteiger partial charge >= 0.3 is 0 Å².